The van der Waals surface area contributed by atoms with Crippen molar-refractivity contribution in [2.75, 3.05) is 0 Å². The third kappa shape index (κ3) is 7.19. The van der Waals surface area contributed by atoms with E-state index in [2.05, 4.69) is 6.92 Å². The molecule has 1 aromatic carbocycles. The molecule has 0 fully saturated rings. The zero-order valence-corrected chi connectivity index (χ0v) is 14.3. The summed E-state index contributed by atoms with van der Waals surface area (Å²) in [6, 6.07) is 5.20. The quantitative estimate of drug-likeness (QED) is 0.408. The smallest absolute Gasteiger partial charge is 0.309 e. The molecule has 0 N–H and O–H groups in total. The van der Waals surface area contributed by atoms with Gasteiger partial charge in [0.05, 0.1) is 5.92 Å². The largest absolute Gasteiger partial charge is 0.461 e. The van der Waals surface area contributed by atoms with Crippen LogP contribution >= 0.6 is 23.2 Å². The van der Waals surface area contributed by atoms with Crippen LogP contribution in [0.15, 0.2) is 18.2 Å². The number of esters is 1. The number of rotatable bonds is 9. The molecule has 2 nitrogen and oxygen atoms in total. The summed E-state index contributed by atoms with van der Waals surface area (Å²) >= 11 is 11.9. The number of benzene rings is 1. The van der Waals surface area contributed by atoms with Gasteiger partial charge in [-0.05, 0) is 36.6 Å². The van der Waals surface area contributed by atoms with Crippen LogP contribution in [0.1, 0.15) is 57.9 Å². The van der Waals surface area contributed by atoms with Gasteiger partial charge in [-0.3, -0.25) is 4.79 Å². The molecule has 0 heterocycles. The van der Waals surface area contributed by atoms with E-state index >= 15 is 0 Å². The fourth-order valence-corrected chi connectivity index (χ4v) is 2.84. The van der Waals surface area contributed by atoms with Gasteiger partial charge in [0.25, 0.3) is 0 Å². The molecule has 0 aromatic heterocycles. The molecule has 1 unspecified atom stereocenters. The van der Waals surface area contributed by atoms with E-state index < -0.39 is 0 Å². The van der Waals surface area contributed by atoms with E-state index in [9.17, 15) is 4.79 Å². The maximum absolute atomic E-state index is 12.1. The second-order valence-corrected chi connectivity index (χ2v) is 6.21. The Morgan fingerprint density at radius 2 is 1.76 bits per heavy atom. The van der Waals surface area contributed by atoms with Gasteiger partial charge in [-0.25, -0.2) is 0 Å². The van der Waals surface area contributed by atoms with Crippen LogP contribution in [-0.2, 0) is 16.1 Å². The highest BCUT2D eigenvalue weighted by Gasteiger charge is 2.17. The fourth-order valence-electron chi connectivity index (χ4n) is 2.27. The summed E-state index contributed by atoms with van der Waals surface area (Å²) in [6.07, 6.45) is 6.44. The fraction of sp³-hybridized carbons (Fsp3) is 0.588. The lowest BCUT2D eigenvalue weighted by atomic mass is 9.98. The van der Waals surface area contributed by atoms with Crippen molar-refractivity contribution >= 4 is 29.2 Å². The number of ether oxygens (including phenoxy) is 1. The Morgan fingerprint density at radius 3 is 2.33 bits per heavy atom. The Kier molecular flexibility index (Phi) is 8.79. The van der Waals surface area contributed by atoms with Crippen molar-refractivity contribution < 1.29 is 9.53 Å². The van der Waals surface area contributed by atoms with Crippen LogP contribution in [0.2, 0.25) is 10.0 Å². The average molecular weight is 331 g/mol. The lowest BCUT2D eigenvalue weighted by Crippen LogP contribution is -2.17. The van der Waals surface area contributed by atoms with Gasteiger partial charge >= 0.3 is 5.97 Å². The molecule has 1 atom stereocenters. The van der Waals surface area contributed by atoms with Gasteiger partial charge in [0.15, 0.2) is 0 Å². The first kappa shape index (κ1) is 18.3. The van der Waals surface area contributed by atoms with Crippen molar-refractivity contribution in [1.29, 1.82) is 0 Å². The molecule has 1 rings (SSSR count). The lowest BCUT2D eigenvalue weighted by molar-refractivity contribution is -0.150. The Hall–Kier alpha value is -0.730. The van der Waals surface area contributed by atoms with Gasteiger partial charge in [0.1, 0.15) is 6.61 Å². The first-order valence-corrected chi connectivity index (χ1v) is 8.44. The first-order chi connectivity index (χ1) is 10.1. The number of carbonyl (C=O) groups is 1. The zero-order valence-electron chi connectivity index (χ0n) is 12.8. The minimum absolute atomic E-state index is 0.00323. The molecule has 0 aliphatic heterocycles. The van der Waals surface area contributed by atoms with Gasteiger partial charge in [-0.2, -0.15) is 0 Å². The second-order valence-electron chi connectivity index (χ2n) is 5.34. The minimum Gasteiger partial charge on any atom is -0.461 e. The standard InChI is InChI=1S/C17H24Cl2O2/c1-3-5-6-7-8-14(4-2)17(20)21-12-13-9-15(18)11-16(19)10-13/h9-11,14H,3-8,12H2,1-2H3. The van der Waals surface area contributed by atoms with Gasteiger partial charge in [0.2, 0.25) is 0 Å². The van der Waals surface area contributed by atoms with Crippen LogP contribution < -0.4 is 0 Å². The molecule has 21 heavy (non-hydrogen) atoms. The van der Waals surface area contributed by atoms with Crippen LogP contribution in [-0.4, -0.2) is 5.97 Å². The Bertz CT molecular complexity index is 426. The molecular weight excluding hydrogens is 307 g/mol. The van der Waals surface area contributed by atoms with E-state index in [0.29, 0.717) is 10.0 Å². The molecule has 0 spiro atoms. The predicted molar refractivity (Wildman–Crippen MR) is 88.8 cm³/mol. The van der Waals surface area contributed by atoms with Crippen LogP contribution in [0.5, 0.6) is 0 Å². The summed E-state index contributed by atoms with van der Waals surface area (Å²) < 4.78 is 5.39. The van der Waals surface area contributed by atoms with Crippen LogP contribution in [0.25, 0.3) is 0 Å². The average Bonchev–Trinajstić information content (AvgIpc) is 2.44. The molecule has 0 aliphatic rings. The van der Waals surface area contributed by atoms with E-state index in [-0.39, 0.29) is 18.5 Å². The molecule has 0 saturated carbocycles. The third-order valence-corrected chi connectivity index (χ3v) is 3.97. The van der Waals surface area contributed by atoms with Crippen molar-refractivity contribution in [2.45, 2.75) is 59.0 Å². The molecule has 1 aromatic rings. The van der Waals surface area contributed by atoms with Gasteiger partial charge in [-0.15, -0.1) is 0 Å². The Labute approximate surface area is 137 Å². The van der Waals surface area contributed by atoms with Crippen molar-refractivity contribution in [3.8, 4) is 0 Å². The van der Waals surface area contributed by atoms with E-state index in [1.54, 1.807) is 18.2 Å². The van der Waals surface area contributed by atoms with E-state index in [1.165, 1.54) is 19.3 Å². The summed E-state index contributed by atoms with van der Waals surface area (Å²) in [5, 5.41) is 1.11. The maximum atomic E-state index is 12.1. The SMILES string of the molecule is CCCCCCC(CC)C(=O)OCc1cc(Cl)cc(Cl)c1. The molecule has 0 aliphatic carbocycles. The first-order valence-electron chi connectivity index (χ1n) is 7.68. The van der Waals surface area contributed by atoms with E-state index in [0.717, 1.165) is 24.8 Å². The normalized spacial score (nSPS) is 12.2. The zero-order chi connectivity index (χ0) is 15.7. The molecule has 0 saturated heterocycles. The number of unbranched alkanes of at least 4 members (excludes halogenated alkanes) is 3. The molecule has 118 valence electrons. The monoisotopic (exact) mass is 330 g/mol. The van der Waals surface area contributed by atoms with Gasteiger partial charge in [0, 0.05) is 10.0 Å². The van der Waals surface area contributed by atoms with Crippen LogP contribution in [0.4, 0.5) is 0 Å². The second kappa shape index (κ2) is 10.1. The highest BCUT2D eigenvalue weighted by molar-refractivity contribution is 6.34. The molecule has 0 bridgehead atoms. The Balaban J connectivity index is 2.42. The van der Waals surface area contributed by atoms with Crippen molar-refractivity contribution in [3.63, 3.8) is 0 Å². The number of hydrogen-bond acceptors (Lipinski definition) is 2. The van der Waals surface area contributed by atoms with Gasteiger partial charge < -0.3 is 4.74 Å². The molecular formula is C17H24Cl2O2. The maximum Gasteiger partial charge on any atom is 0.309 e. The summed E-state index contributed by atoms with van der Waals surface area (Å²) in [4.78, 5) is 12.1. The van der Waals surface area contributed by atoms with Crippen molar-refractivity contribution in [1.82, 2.24) is 0 Å². The highest BCUT2D eigenvalue weighted by Crippen LogP contribution is 2.21. The third-order valence-electron chi connectivity index (χ3n) is 3.54. The number of hydrogen-bond donors (Lipinski definition) is 0. The molecule has 0 radical (unpaired) electrons. The van der Waals surface area contributed by atoms with Crippen LogP contribution in [0, 0.1) is 5.92 Å². The summed E-state index contributed by atoms with van der Waals surface area (Å²) in [6.45, 7) is 4.44. The van der Waals surface area contributed by atoms with Crippen molar-refractivity contribution in [2.24, 2.45) is 5.92 Å². The van der Waals surface area contributed by atoms with E-state index in [4.69, 9.17) is 27.9 Å². The van der Waals surface area contributed by atoms with Gasteiger partial charge in [-0.1, -0.05) is 62.7 Å². The van der Waals surface area contributed by atoms with Crippen molar-refractivity contribution in [3.05, 3.63) is 33.8 Å². The van der Waals surface area contributed by atoms with Crippen LogP contribution in [0.3, 0.4) is 0 Å². The molecule has 0 amide bonds. The molecule has 4 heteroatoms. The Morgan fingerprint density at radius 1 is 1.10 bits per heavy atom. The van der Waals surface area contributed by atoms with E-state index in [1.807, 2.05) is 6.92 Å². The topological polar surface area (TPSA) is 26.3 Å². The number of halogens is 2. The lowest BCUT2D eigenvalue weighted by Gasteiger charge is -2.14. The summed E-state index contributed by atoms with van der Waals surface area (Å²) in [5.41, 5.74) is 0.821. The minimum atomic E-state index is -0.120. The highest BCUT2D eigenvalue weighted by atomic mass is 35.5. The predicted octanol–water partition coefficient (Wildman–Crippen LogP) is 6.03. The number of carbonyl (C=O) groups excluding carboxylic acids is 1. The summed E-state index contributed by atoms with van der Waals surface area (Å²) in [7, 11) is 0. The summed E-state index contributed by atoms with van der Waals surface area (Å²) in [5.74, 6) is -0.124.